The molecule has 14 heteroatoms. The first-order valence-electron chi connectivity index (χ1n) is 13.7. The highest BCUT2D eigenvalue weighted by Crippen LogP contribution is 2.34. The highest BCUT2D eigenvalue weighted by Gasteiger charge is 2.41. The average Bonchev–Trinajstić information content (AvgIpc) is 3.37. The second kappa shape index (κ2) is 11.9. The summed E-state index contributed by atoms with van der Waals surface area (Å²) in [5.74, 6) is -4.88. The first-order chi connectivity index (χ1) is 20.7. The molecule has 0 aliphatic carbocycles. The zero-order valence-corrected chi connectivity index (χ0v) is 23.7. The number of aromatic nitrogens is 4. The standard InChI is InChI=1S/C30H28F6N6O2/c1-18-13-41(9-8-29(18,32)33)14-19-10-25(28(44)42(15-19)16-30(34,35)36)27(43)38-22-5-3-4-20(11-22)23-7-6-21(31)12-24(23)26-39-37-17-40(26)2/h3-7,10-12,15,17-18H,8-9,13-14,16H2,1-2H3,(H,38,43). The van der Waals surface area contributed by atoms with Crippen molar-refractivity contribution < 1.29 is 31.1 Å². The number of piperidine rings is 1. The number of anilines is 1. The largest absolute Gasteiger partial charge is 0.406 e. The number of carbonyl (C=O) groups is 1. The molecule has 1 N–H and O–H groups in total. The monoisotopic (exact) mass is 618 g/mol. The molecule has 1 saturated heterocycles. The van der Waals surface area contributed by atoms with Gasteiger partial charge < -0.3 is 14.5 Å². The molecule has 1 aliphatic rings. The lowest BCUT2D eigenvalue weighted by Gasteiger charge is -2.36. The summed E-state index contributed by atoms with van der Waals surface area (Å²) in [5.41, 5.74) is 0.288. The minimum Gasteiger partial charge on any atom is -0.322 e. The van der Waals surface area contributed by atoms with Gasteiger partial charge in [-0.05, 0) is 47.0 Å². The molecule has 1 aliphatic heterocycles. The van der Waals surface area contributed by atoms with E-state index in [0.717, 1.165) is 6.20 Å². The molecule has 1 unspecified atom stereocenters. The van der Waals surface area contributed by atoms with Crippen LogP contribution in [0, 0.1) is 11.7 Å². The number of alkyl halides is 5. The van der Waals surface area contributed by atoms with E-state index < -0.39 is 53.8 Å². The maximum atomic E-state index is 14.2. The van der Waals surface area contributed by atoms with Gasteiger partial charge in [0.25, 0.3) is 17.4 Å². The molecule has 1 amide bonds. The zero-order chi connectivity index (χ0) is 31.8. The van der Waals surface area contributed by atoms with E-state index >= 15 is 0 Å². The van der Waals surface area contributed by atoms with E-state index in [-0.39, 0.29) is 30.9 Å². The topological polar surface area (TPSA) is 85.1 Å². The van der Waals surface area contributed by atoms with Gasteiger partial charge in [-0.2, -0.15) is 13.2 Å². The summed E-state index contributed by atoms with van der Waals surface area (Å²) < 4.78 is 84.2. The van der Waals surface area contributed by atoms with E-state index in [1.165, 1.54) is 43.6 Å². The van der Waals surface area contributed by atoms with Crippen molar-refractivity contribution in [3.8, 4) is 22.5 Å². The first kappa shape index (κ1) is 31.0. The Morgan fingerprint density at radius 3 is 2.57 bits per heavy atom. The van der Waals surface area contributed by atoms with Crippen molar-refractivity contribution in [1.82, 2.24) is 24.2 Å². The number of carbonyl (C=O) groups excluding carboxylic acids is 1. The van der Waals surface area contributed by atoms with Crippen molar-refractivity contribution in [2.45, 2.75) is 38.5 Å². The van der Waals surface area contributed by atoms with Crippen molar-refractivity contribution in [2.24, 2.45) is 13.0 Å². The highest BCUT2D eigenvalue weighted by atomic mass is 19.4. The van der Waals surface area contributed by atoms with E-state index in [1.54, 1.807) is 34.7 Å². The Morgan fingerprint density at radius 2 is 1.89 bits per heavy atom. The van der Waals surface area contributed by atoms with Gasteiger partial charge >= 0.3 is 6.18 Å². The zero-order valence-electron chi connectivity index (χ0n) is 23.7. The van der Waals surface area contributed by atoms with Crippen molar-refractivity contribution in [2.75, 3.05) is 18.4 Å². The Hall–Kier alpha value is -4.46. The van der Waals surface area contributed by atoms with Gasteiger partial charge in [0.15, 0.2) is 5.82 Å². The van der Waals surface area contributed by atoms with Gasteiger partial charge in [-0.15, -0.1) is 10.2 Å². The molecular formula is C30H28F6N6O2. The molecule has 5 rings (SSSR count). The van der Waals surface area contributed by atoms with Crippen LogP contribution < -0.4 is 10.9 Å². The van der Waals surface area contributed by atoms with E-state index in [4.69, 9.17) is 0 Å². The fourth-order valence-electron chi connectivity index (χ4n) is 5.27. The number of hydrogen-bond acceptors (Lipinski definition) is 5. The Labute approximate surface area is 247 Å². The Bertz CT molecular complexity index is 1750. The summed E-state index contributed by atoms with van der Waals surface area (Å²) in [7, 11) is 1.70. The number of rotatable bonds is 7. The van der Waals surface area contributed by atoms with E-state index in [9.17, 15) is 35.9 Å². The number of nitrogens with one attached hydrogen (secondary N) is 1. The summed E-state index contributed by atoms with van der Waals surface area (Å²) >= 11 is 0. The summed E-state index contributed by atoms with van der Waals surface area (Å²) in [5, 5.41) is 10.5. The molecule has 0 radical (unpaired) electrons. The maximum absolute atomic E-state index is 14.2. The fraction of sp³-hybridized carbons (Fsp3) is 0.333. The number of amides is 1. The quantitative estimate of drug-likeness (QED) is 0.267. The minimum absolute atomic E-state index is 0.000563. The lowest BCUT2D eigenvalue weighted by Crippen LogP contribution is -2.45. The number of pyridine rings is 1. The third kappa shape index (κ3) is 6.85. The molecule has 4 aromatic rings. The van der Waals surface area contributed by atoms with Crippen LogP contribution in [0.1, 0.15) is 29.3 Å². The number of aryl methyl sites for hydroxylation is 1. The summed E-state index contributed by atoms with van der Waals surface area (Å²) in [6, 6.07) is 11.7. The lowest BCUT2D eigenvalue weighted by atomic mass is 9.95. The molecule has 232 valence electrons. The third-order valence-electron chi connectivity index (χ3n) is 7.52. The van der Waals surface area contributed by atoms with Gasteiger partial charge in [-0.25, -0.2) is 13.2 Å². The van der Waals surface area contributed by atoms with E-state index in [1.807, 2.05) is 0 Å². The van der Waals surface area contributed by atoms with E-state index in [0.29, 0.717) is 27.1 Å². The van der Waals surface area contributed by atoms with Crippen LogP contribution in [0.2, 0.25) is 0 Å². The van der Waals surface area contributed by atoms with Gasteiger partial charge in [-0.3, -0.25) is 14.5 Å². The molecule has 3 heterocycles. The van der Waals surface area contributed by atoms with Crippen molar-refractivity contribution in [1.29, 1.82) is 0 Å². The van der Waals surface area contributed by atoms with Crippen LogP contribution in [0.15, 0.2) is 65.8 Å². The minimum atomic E-state index is -4.75. The Kier molecular flexibility index (Phi) is 8.38. The molecule has 2 aromatic heterocycles. The van der Waals surface area contributed by atoms with Crippen LogP contribution >= 0.6 is 0 Å². The smallest absolute Gasteiger partial charge is 0.322 e. The van der Waals surface area contributed by atoms with Crippen LogP contribution in [0.4, 0.5) is 32.0 Å². The van der Waals surface area contributed by atoms with Crippen molar-refractivity contribution >= 4 is 11.6 Å². The van der Waals surface area contributed by atoms with Gasteiger partial charge in [-0.1, -0.05) is 25.1 Å². The predicted octanol–water partition coefficient (Wildman–Crippen LogP) is 5.74. The number of benzene rings is 2. The fourth-order valence-corrected chi connectivity index (χ4v) is 5.27. The molecule has 1 atom stereocenters. The van der Waals surface area contributed by atoms with Crippen LogP contribution in [0.3, 0.4) is 0 Å². The summed E-state index contributed by atoms with van der Waals surface area (Å²) in [4.78, 5) is 28.0. The average molecular weight is 619 g/mol. The Morgan fingerprint density at radius 1 is 1.11 bits per heavy atom. The molecule has 0 bridgehead atoms. The van der Waals surface area contributed by atoms with Crippen LogP contribution in [0.5, 0.6) is 0 Å². The van der Waals surface area contributed by atoms with Crippen LogP contribution in [-0.4, -0.2) is 55.3 Å². The highest BCUT2D eigenvalue weighted by molar-refractivity contribution is 6.04. The third-order valence-corrected chi connectivity index (χ3v) is 7.52. The first-order valence-corrected chi connectivity index (χ1v) is 13.7. The number of halogens is 6. The molecule has 0 saturated carbocycles. The second-order valence-corrected chi connectivity index (χ2v) is 10.9. The molecule has 2 aromatic carbocycles. The number of likely N-dealkylation sites (tertiary alicyclic amines) is 1. The molecule has 8 nitrogen and oxygen atoms in total. The van der Waals surface area contributed by atoms with Gasteiger partial charge in [0.2, 0.25) is 0 Å². The summed E-state index contributed by atoms with van der Waals surface area (Å²) in [6.07, 6.45) is -2.69. The van der Waals surface area contributed by atoms with Gasteiger partial charge in [0.05, 0.1) is 0 Å². The van der Waals surface area contributed by atoms with E-state index in [2.05, 4.69) is 15.5 Å². The molecule has 1 fully saturated rings. The summed E-state index contributed by atoms with van der Waals surface area (Å²) in [6.45, 7) is -0.252. The van der Waals surface area contributed by atoms with Crippen LogP contribution in [-0.2, 0) is 20.1 Å². The number of nitrogens with zero attached hydrogens (tertiary/aromatic N) is 5. The second-order valence-electron chi connectivity index (χ2n) is 10.9. The SMILES string of the molecule is CC1CN(Cc2cc(C(=O)Nc3cccc(-c4ccc(F)cc4-c4nncn4C)c3)c(=O)n(CC(F)(F)F)c2)CCC1(F)F. The molecule has 44 heavy (non-hydrogen) atoms. The van der Waals surface area contributed by atoms with Gasteiger partial charge in [0.1, 0.15) is 24.3 Å². The lowest BCUT2D eigenvalue weighted by molar-refractivity contribution is -0.141. The number of hydrogen-bond donors (Lipinski definition) is 1. The van der Waals surface area contributed by atoms with Crippen molar-refractivity contribution in [3.63, 3.8) is 0 Å². The normalized spacial score (nSPS) is 17.0. The molecule has 0 spiro atoms. The van der Waals surface area contributed by atoms with Gasteiger partial charge in [0, 0.05) is 56.5 Å². The van der Waals surface area contributed by atoms with Crippen molar-refractivity contribution in [3.05, 3.63) is 88.4 Å². The predicted molar refractivity (Wildman–Crippen MR) is 151 cm³/mol. The Balaban J connectivity index is 1.45. The van der Waals surface area contributed by atoms with Crippen LogP contribution in [0.25, 0.3) is 22.5 Å². The molecular weight excluding hydrogens is 590 g/mol. The maximum Gasteiger partial charge on any atom is 0.406 e.